The Morgan fingerprint density at radius 3 is 2.60 bits per heavy atom. The summed E-state index contributed by atoms with van der Waals surface area (Å²) >= 11 is 7.30. The van der Waals surface area contributed by atoms with Gasteiger partial charge in [-0.05, 0) is 35.2 Å². The van der Waals surface area contributed by atoms with E-state index in [9.17, 15) is 9.18 Å². The van der Waals surface area contributed by atoms with Crippen LogP contribution in [0.15, 0.2) is 66.0 Å². The summed E-state index contributed by atoms with van der Waals surface area (Å²) in [4.78, 5) is 13.4. The molecule has 3 rings (SSSR count). The molecule has 0 bridgehead atoms. The van der Waals surface area contributed by atoms with E-state index < -0.39 is 5.82 Å². The average Bonchev–Trinajstić information content (AvgIpc) is 3.14. The third kappa shape index (κ3) is 4.59. The monoisotopic (exact) mass is 374 g/mol. The predicted molar refractivity (Wildman–Crippen MR) is 101 cm³/mol. The molecule has 0 saturated heterocycles. The highest BCUT2D eigenvalue weighted by Crippen LogP contribution is 2.26. The Morgan fingerprint density at radius 1 is 1.12 bits per heavy atom. The summed E-state index contributed by atoms with van der Waals surface area (Å²) in [6, 6.07) is 17.7. The van der Waals surface area contributed by atoms with Crippen LogP contribution in [0.1, 0.15) is 16.5 Å². The molecule has 128 valence electrons. The van der Waals surface area contributed by atoms with E-state index in [-0.39, 0.29) is 24.2 Å². The van der Waals surface area contributed by atoms with Gasteiger partial charge in [-0.2, -0.15) is 0 Å². The van der Waals surface area contributed by atoms with E-state index >= 15 is 0 Å². The minimum absolute atomic E-state index is 0.0345. The van der Waals surface area contributed by atoms with Gasteiger partial charge < -0.3 is 10.6 Å². The lowest BCUT2D eigenvalue weighted by atomic mass is 10.1. The zero-order chi connectivity index (χ0) is 17.6. The number of rotatable bonds is 6. The SMILES string of the molecule is O=C(CNc1ccc(Cl)cc1F)N[C@H](c1ccccc1)c1cccs1. The topological polar surface area (TPSA) is 41.1 Å². The molecule has 25 heavy (non-hydrogen) atoms. The highest BCUT2D eigenvalue weighted by Gasteiger charge is 2.17. The van der Waals surface area contributed by atoms with Crippen LogP contribution in [0.2, 0.25) is 5.02 Å². The van der Waals surface area contributed by atoms with Gasteiger partial charge >= 0.3 is 0 Å². The molecule has 0 unspecified atom stereocenters. The molecule has 0 radical (unpaired) electrons. The van der Waals surface area contributed by atoms with Crippen LogP contribution in [0.4, 0.5) is 10.1 Å². The van der Waals surface area contributed by atoms with Gasteiger partial charge in [0.15, 0.2) is 0 Å². The van der Waals surface area contributed by atoms with Crippen molar-refractivity contribution >= 4 is 34.5 Å². The van der Waals surface area contributed by atoms with Crippen molar-refractivity contribution in [2.45, 2.75) is 6.04 Å². The van der Waals surface area contributed by atoms with Crippen molar-refractivity contribution in [3.05, 3.63) is 87.3 Å². The molecule has 0 saturated carbocycles. The van der Waals surface area contributed by atoms with Crippen LogP contribution in [0.25, 0.3) is 0 Å². The summed E-state index contributed by atoms with van der Waals surface area (Å²) in [6.07, 6.45) is 0. The Hall–Kier alpha value is -2.37. The Labute approximate surface area is 154 Å². The summed E-state index contributed by atoms with van der Waals surface area (Å²) in [5.74, 6) is -0.713. The van der Waals surface area contributed by atoms with Crippen molar-refractivity contribution < 1.29 is 9.18 Å². The van der Waals surface area contributed by atoms with E-state index in [0.717, 1.165) is 10.4 Å². The number of thiophene rings is 1. The van der Waals surface area contributed by atoms with Gasteiger partial charge in [0.1, 0.15) is 5.82 Å². The first-order chi connectivity index (χ1) is 12.1. The van der Waals surface area contributed by atoms with E-state index in [1.165, 1.54) is 12.1 Å². The average molecular weight is 375 g/mol. The molecule has 6 heteroatoms. The Kier molecular flexibility index (Phi) is 5.68. The number of benzene rings is 2. The number of amides is 1. The molecule has 0 aliphatic heterocycles. The molecule has 3 nitrogen and oxygen atoms in total. The number of carbonyl (C=O) groups is 1. The third-order valence-corrected chi connectivity index (χ3v) is 4.81. The lowest BCUT2D eigenvalue weighted by Crippen LogP contribution is -2.33. The van der Waals surface area contributed by atoms with Gasteiger partial charge in [0.2, 0.25) is 5.91 Å². The quantitative estimate of drug-likeness (QED) is 0.647. The van der Waals surface area contributed by atoms with Crippen molar-refractivity contribution in [1.82, 2.24) is 5.32 Å². The largest absolute Gasteiger partial charge is 0.374 e. The molecular weight excluding hydrogens is 359 g/mol. The molecule has 2 aromatic carbocycles. The highest BCUT2D eigenvalue weighted by molar-refractivity contribution is 7.10. The molecule has 1 amide bonds. The molecule has 1 atom stereocenters. The molecule has 0 aliphatic rings. The standard InChI is InChI=1S/C19H16ClFN2OS/c20-14-8-9-16(15(21)11-14)22-12-18(24)23-19(17-7-4-10-25-17)13-5-2-1-3-6-13/h1-11,19,22H,12H2,(H,23,24)/t19-/m1/s1. The highest BCUT2D eigenvalue weighted by atomic mass is 35.5. The molecule has 1 heterocycles. The van der Waals surface area contributed by atoms with Gasteiger partial charge in [0, 0.05) is 9.90 Å². The van der Waals surface area contributed by atoms with E-state index in [2.05, 4.69) is 10.6 Å². The second-order valence-corrected chi connectivity index (χ2v) is 6.82. The number of halogens is 2. The fourth-order valence-corrected chi connectivity index (χ4v) is 3.40. The van der Waals surface area contributed by atoms with Crippen LogP contribution in [-0.2, 0) is 4.79 Å². The van der Waals surface area contributed by atoms with E-state index in [1.807, 2.05) is 47.8 Å². The van der Waals surface area contributed by atoms with Gasteiger partial charge in [-0.3, -0.25) is 4.79 Å². The molecule has 0 fully saturated rings. The lowest BCUT2D eigenvalue weighted by molar-refractivity contribution is -0.119. The van der Waals surface area contributed by atoms with E-state index in [4.69, 9.17) is 11.6 Å². The number of nitrogens with one attached hydrogen (secondary N) is 2. The van der Waals surface area contributed by atoms with Crippen LogP contribution in [0, 0.1) is 5.82 Å². The van der Waals surface area contributed by atoms with Crippen molar-refractivity contribution in [2.24, 2.45) is 0 Å². The fourth-order valence-electron chi connectivity index (χ4n) is 2.44. The van der Waals surface area contributed by atoms with E-state index in [1.54, 1.807) is 17.4 Å². The first-order valence-corrected chi connectivity index (χ1v) is 8.96. The van der Waals surface area contributed by atoms with Crippen LogP contribution in [0.5, 0.6) is 0 Å². The first-order valence-electron chi connectivity index (χ1n) is 7.70. The molecule has 1 aromatic heterocycles. The summed E-state index contributed by atoms with van der Waals surface area (Å²) in [5, 5.41) is 8.08. The summed E-state index contributed by atoms with van der Waals surface area (Å²) < 4.78 is 13.8. The minimum atomic E-state index is -0.488. The smallest absolute Gasteiger partial charge is 0.240 e. The fraction of sp³-hybridized carbons (Fsp3) is 0.105. The molecule has 0 spiro atoms. The predicted octanol–water partition coefficient (Wildman–Crippen LogP) is 4.86. The molecule has 0 aliphatic carbocycles. The third-order valence-electron chi connectivity index (χ3n) is 3.64. The van der Waals surface area contributed by atoms with E-state index in [0.29, 0.717) is 5.02 Å². The van der Waals surface area contributed by atoms with Gasteiger partial charge in [-0.15, -0.1) is 11.3 Å². The minimum Gasteiger partial charge on any atom is -0.374 e. The number of hydrogen-bond donors (Lipinski definition) is 2. The maximum Gasteiger partial charge on any atom is 0.240 e. The maximum atomic E-state index is 13.8. The zero-order valence-electron chi connectivity index (χ0n) is 13.2. The van der Waals surface area contributed by atoms with Crippen LogP contribution >= 0.6 is 22.9 Å². The molecule has 3 aromatic rings. The Balaban J connectivity index is 1.68. The van der Waals surface area contributed by atoms with Gasteiger partial charge in [-0.25, -0.2) is 4.39 Å². The summed E-state index contributed by atoms with van der Waals surface area (Å²) in [7, 11) is 0. The second kappa shape index (κ2) is 8.14. The van der Waals surface area contributed by atoms with Gasteiger partial charge in [0.25, 0.3) is 0 Å². The normalized spacial score (nSPS) is 11.8. The molecular formula is C19H16ClFN2OS. The van der Waals surface area contributed by atoms with Crippen LogP contribution < -0.4 is 10.6 Å². The Bertz CT molecular complexity index is 840. The van der Waals surface area contributed by atoms with Gasteiger partial charge in [-0.1, -0.05) is 48.0 Å². The number of carbonyl (C=O) groups excluding carboxylic acids is 1. The Morgan fingerprint density at radius 2 is 1.92 bits per heavy atom. The lowest BCUT2D eigenvalue weighted by Gasteiger charge is -2.18. The molecule has 2 N–H and O–H groups in total. The van der Waals surface area contributed by atoms with Gasteiger partial charge in [0.05, 0.1) is 18.3 Å². The van der Waals surface area contributed by atoms with Crippen molar-refractivity contribution in [2.75, 3.05) is 11.9 Å². The summed E-state index contributed by atoms with van der Waals surface area (Å²) in [5.41, 5.74) is 1.24. The maximum absolute atomic E-state index is 13.8. The second-order valence-electron chi connectivity index (χ2n) is 5.40. The first kappa shape index (κ1) is 17.5. The van der Waals surface area contributed by atoms with Crippen molar-refractivity contribution in [1.29, 1.82) is 0 Å². The van der Waals surface area contributed by atoms with Crippen LogP contribution in [-0.4, -0.2) is 12.5 Å². The van der Waals surface area contributed by atoms with Crippen molar-refractivity contribution in [3.63, 3.8) is 0 Å². The zero-order valence-corrected chi connectivity index (χ0v) is 14.8. The summed E-state index contributed by atoms with van der Waals surface area (Å²) in [6.45, 7) is -0.0345. The number of hydrogen-bond acceptors (Lipinski definition) is 3. The van der Waals surface area contributed by atoms with Crippen LogP contribution in [0.3, 0.4) is 0 Å². The number of anilines is 1. The van der Waals surface area contributed by atoms with Crippen molar-refractivity contribution in [3.8, 4) is 0 Å².